The average molecular weight is 297 g/mol. The molecule has 0 spiro atoms. The van der Waals surface area contributed by atoms with Crippen LogP contribution in [0.25, 0.3) is 0 Å². The van der Waals surface area contributed by atoms with Crippen molar-refractivity contribution >= 4 is 22.6 Å². The molecule has 0 saturated carbocycles. The number of hydrogen-bond donors (Lipinski definition) is 1. The molecule has 2 unspecified atom stereocenters. The zero-order valence-corrected chi connectivity index (χ0v) is 11.6. The molecule has 0 radical (unpaired) electrons. The molecule has 0 aromatic rings. The molecule has 0 amide bonds. The topological polar surface area (TPSA) is 12.0 Å². The van der Waals surface area contributed by atoms with E-state index in [1.165, 1.54) is 19.3 Å². The van der Waals surface area contributed by atoms with Crippen LogP contribution in [0, 0.1) is 5.92 Å². The standard InChI is InChI=1S/C11H24IN/c1-5-11(13-6-2)8-9(3)7-10(4)12/h9-11,13H,5-8H2,1-4H3/t9-,10?,11?/m1/s1. The summed E-state index contributed by atoms with van der Waals surface area (Å²) in [6.07, 6.45) is 3.94. The number of rotatable bonds is 7. The van der Waals surface area contributed by atoms with Gasteiger partial charge in [0.1, 0.15) is 0 Å². The highest BCUT2D eigenvalue weighted by Gasteiger charge is 2.11. The summed E-state index contributed by atoms with van der Waals surface area (Å²) in [5.74, 6) is 0.857. The summed E-state index contributed by atoms with van der Waals surface area (Å²) in [4.78, 5) is 0. The van der Waals surface area contributed by atoms with Gasteiger partial charge in [0.2, 0.25) is 0 Å². The molecule has 2 heteroatoms. The van der Waals surface area contributed by atoms with E-state index in [2.05, 4.69) is 55.6 Å². The molecular formula is C11H24IN. The molecule has 80 valence electrons. The van der Waals surface area contributed by atoms with Crippen molar-refractivity contribution < 1.29 is 0 Å². The number of nitrogens with one attached hydrogen (secondary N) is 1. The minimum Gasteiger partial charge on any atom is -0.314 e. The Labute approximate surface area is 97.2 Å². The second kappa shape index (κ2) is 8.04. The Bertz CT molecular complexity index is 115. The molecule has 0 fully saturated rings. The molecule has 0 aromatic carbocycles. The summed E-state index contributed by atoms with van der Waals surface area (Å²) < 4.78 is 0.812. The highest BCUT2D eigenvalue weighted by Crippen LogP contribution is 2.18. The fourth-order valence-electron chi connectivity index (χ4n) is 1.82. The van der Waals surface area contributed by atoms with E-state index in [4.69, 9.17) is 0 Å². The Morgan fingerprint density at radius 1 is 1.15 bits per heavy atom. The lowest BCUT2D eigenvalue weighted by atomic mass is 9.96. The van der Waals surface area contributed by atoms with Crippen LogP contribution in [-0.4, -0.2) is 16.5 Å². The Morgan fingerprint density at radius 2 is 1.77 bits per heavy atom. The summed E-state index contributed by atoms with van der Waals surface area (Å²) in [6.45, 7) is 10.2. The van der Waals surface area contributed by atoms with Crippen molar-refractivity contribution in [3.05, 3.63) is 0 Å². The summed E-state index contributed by atoms with van der Waals surface area (Å²) in [7, 11) is 0. The van der Waals surface area contributed by atoms with E-state index >= 15 is 0 Å². The summed E-state index contributed by atoms with van der Waals surface area (Å²) in [5, 5.41) is 3.53. The highest BCUT2D eigenvalue weighted by molar-refractivity contribution is 14.1. The van der Waals surface area contributed by atoms with Crippen LogP contribution in [0.5, 0.6) is 0 Å². The SMILES string of the molecule is CCNC(CC)C[C@H](C)CC(C)I. The first-order chi connectivity index (χ1) is 6.10. The van der Waals surface area contributed by atoms with E-state index in [9.17, 15) is 0 Å². The third-order valence-corrected chi connectivity index (χ3v) is 2.91. The predicted molar refractivity (Wildman–Crippen MR) is 69.6 cm³/mol. The quantitative estimate of drug-likeness (QED) is 0.559. The van der Waals surface area contributed by atoms with Crippen LogP contribution in [0.1, 0.15) is 47.0 Å². The van der Waals surface area contributed by atoms with Gasteiger partial charge >= 0.3 is 0 Å². The van der Waals surface area contributed by atoms with Gasteiger partial charge in [0, 0.05) is 9.97 Å². The Kier molecular flexibility index (Phi) is 8.46. The van der Waals surface area contributed by atoms with Gasteiger partial charge in [0.05, 0.1) is 0 Å². The van der Waals surface area contributed by atoms with Gasteiger partial charge in [-0.1, -0.05) is 50.3 Å². The number of halogens is 1. The van der Waals surface area contributed by atoms with E-state index in [1.54, 1.807) is 0 Å². The van der Waals surface area contributed by atoms with Crippen molar-refractivity contribution in [3.8, 4) is 0 Å². The van der Waals surface area contributed by atoms with Gasteiger partial charge in [-0.15, -0.1) is 0 Å². The van der Waals surface area contributed by atoms with E-state index in [1.807, 2.05) is 0 Å². The van der Waals surface area contributed by atoms with Crippen molar-refractivity contribution in [2.45, 2.75) is 56.9 Å². The molecule has 1 N–H and O–H groups in total. The Balaban J connectivity index is 3.65. The van der Waals surface area contributed by atoms with Crippen molar-refractivity contribution in [1.29, 1.82) is 0 Å². The monoisotopic (exact) mass is 297 g/mol. The van der Waals surface area contributed by atoms with E-state index < -0.39 is 0 Å². The van der Waals surface area contributed by atoms with E-state index in [0.29, 0.717) is 0 Å². The maximum atomic E-state index is 3.53. The minimum absolute atomic E-state index is 0.732. The molecule has 0 heterocycles. The number of hydrogen-bond acceptors (Lipinski definition) is 1. The van der Waals surface area contributed by atoms with Gasteiger partial charge < -0.3 is 5.32 Å². The first kappa shape index (κ1) is 13.7. The lowest BCUT2D eigenvalue weighted by Gasteiger charge is -2.21. The van der Waals surface area contributed by atoms with Gasteiger partial charge in [-0.2, -0.15) is 0 Å². The Morgan fingerprint density at radius 3 is 2.15 bits per heavy atom. The molecular weight excluding hydrogens is 273 g/mol. The van der Waals surface area contributed by atoms with Gasteiger partial charge in [-0.25, -0.2) is 0 Å². The van der Waals surface area contributed by atoms with E-state index in [-0.39, 0.29) is 0 Å². The molecule has 0 aliphatic carbocycles. The first-order valence-corrected chi connectivity index (χ1v) is 6.72. The van der Waals surface area contributed by atoms with Crippen LogP contribution >= 0.6 is 22.6 Å². The molecule has 0 aromatic heterocycles. The van der Waals surface area contributed by atoms with Crippen LogP contribution in [-0.2, 0) is 0 Å². The number of alkyl halides is 1. The second-order valence-corrected chi connectivity index (χ2v) is 6.15. The zero-order chi connectivity index (χ0) is 10.3. The highest BCUT2D eigenvalue weighted by atomic mass is 127. The molecule has 13 heavy (non-hydrogen) atoms. The van der Waals surface area contributed by atoms with Crippen molar-refractivity contribution in [2.75, 3.05) is 6.54 Å². The van der Waals surface area contributed by atoms with Crippen LogP contribution < -0.4 is 5.32 Å². The molecule has 0 aliphatic rings. The van der Waals surface area contributed by atoms with Crippen LogP contribution in [0.2, 0.25) is 0 Å². The average Bonchev–Trinajstić information content (AvgIpc) is 2.02. The summed E-state index contributed by atoms with van der Waals surface area (Å²) in [6, 6.07) is 0.732. The predicted octanol–water partition coefficient (Wildman–Crippen LogP) is 3.61. The summed E-state index contributed by atoms with van der Waals surface area (Å²) >= 11 is 2.52. The molecule has 1 nitrogen and oxygen atoms in total. The van der Waals surface area contributed by atoms with Crippen molar-refractivity contribution in [1.82, 2.24) is 5.32 Å². The van der Waals surface area contributed by atoms with Crippen molar-refractivity contribution in [3.63, 3.8) is 0 Å². The van der Waals surface area contributed by atoms with Crippen LogP contribution in [0.3, 0.4) is 0 Å². The van der Waals surface area contributed by atoms with Gasteiger partial charge in [0.25, 0.3) is 0 Å². The first-order valence-electron chi connectivity index (χ1n) is 5.47. The zero-order valence-electron chi connectivity index (χ0n) is 9.44. The molecule has 3 atom stereocenters. The maximum Gasteiger partial charge on any atom is 0.00838 e. The molecule has 0 saturated heterocycles. The van der Waals surface area contributed by atoms with Crippen LogP contribution in [0.4, 0.5) is 0 Å². The summed E-state index contributed by atoms with van der Waals surface area (Å²) in [5.41, 5.74) is 0. The third-order valence-electron chi connectivity index (χ3n) is 2.40. The van der Waals surface area contributed by atoms with Gasteiger partial charge in [-0.3, -0.25) is 0 Å². The fraction of sp³-hybridized carbons (Fsp3) is 1.00. The largest absolute Gasteiger partial charge is 0.314 e. The molecule has 0 aliphatic heterocycles. The maximum absolute atomic E-state index is 3.53. The minimum atomic E-state index is 0.732. The van der Waals surface area contributed by atoms with Crippen molar-refractivity contribution in [2.24, 2.45) is 5.92 Å². The fourth-order valence-corrected chi connectivity index (χ4v) is 2.69. The van der Waals surface area contributed by atoms with Crippen LogP contribution in [0.15, 0.2) is 0 Å². The lowest BCUT2D eigenvalue weighted by molar-refractivity contribution is 0.385. The van der Waals surface area contributed by atoms with Gasteiger partial charge in [0.15, 0.2) is 0 Å². The lowest BCUT2D eigenvalue weighted by Crippen LogP contribution is -2.30. The molecule has 0 rings (SSSR count). The van der Waals surface area contributed by atoms with Gasteiger partial charge in [-0.05, 0) is 31.7 Å². The second-order valence-electron chi connectivity index (χ2n) is 4.02. The smallest absolute Gasteiger partial charge is 0.00838 e. The third kappa shape index (κ3) is 7.74. The van der Waals surface area contributed by atoms with E-state index in [0.717, 1.165) is 22.4 Å². The Hall–Kier alpha value is 0.690. The molecule has 0 bridgehead atoms. The normalized spacial score (nSPS) is 18.2.